The molecule has 0 spiro atoms. The van der Waals surface area contributed by atoms with E-state index >= 15 is 0 Å². The summed E-state index contributed by atoms with van der Waals surface area (Å²) < 4.78 is 0. The molecule has 0 aromatic carbocycles. The summed E-state index contributed by atoms with van der Waals surface area (Å²) in [6.07, 6.45) is 2.18. The molecule has 0 aromatic heterocycles. The second-order valence-electron chi connectivity index (χ2n) is 3.64. The van der Waals surface area contributed by atoms with Crippen LogP contribution < -0.4 is 0 Å². The zero-order valence-electron chi connectivity index (χ0n) is 7.72. The molecule has 1 rings (SSSR count). The lowest BCUT2D eigenvalue weighted by molar-refractivity contribution is -0.134. The number of amides is 1. The molecule has 0 saturated carbocycles. The Hall–Kier alpha value is -0.240. The van der Waals surface area contributed by atoms with E-state index in [0.29, 0.717) is 11.9 Å². The van der Waals surface area contributed by atoms with Crippen LogP contribution in [0.5, 0.6) is 0 Å². The van der Waals surface area contributed by atoms with Gasteiger partial charge in [-0.3, -0.25) is 4.79 Å². The molecule has 0 bridgehead atoms. The van der Waals surface area contributed by atoms with Gasteiger partial charge in [-0.2, -0.15) is 0 Å². The molecule has 0 aromatic rings. The van der Waals surface area contributed by atoms with Crippen molar-refractivity contribution in [1.29, 1.82) is 0 Å². The van der Waals surface area contributed by atoms with E-state index in [-0.39, 0.29) is 11.8 Å². The van der Waals surface area contributed by atoms with Gasteiger partial charge in [0.25, 0.3) is 0 Å². The van der Waals surface area contributed by atoms with Crippen LogP contribution in [0.15, 0.2) is 0 Å². The van der Waals surface area contributed by atoms with Gasteiger partial charge in [0.05, 0.1) is 0 Å². The van der Waals surface area contributed by atoms with Gasteiger partial charge in [-0.1, -0.05) is 13.8 Å². The molecule has 1 aliphatic heterocycles. The first-order chi connectivity index (χ1) is 5.66. The molecule has 1 atom stereocenters. The van der Waals surface area contributed by atoms with Crippen molar-refractivity contribution in [3.8, 4) is 0 Å². The molecule has 70 valence electrons. The molecular formula is C9H16ClNO. The van der Waals surface area contributed by atoms with Crippen molar-refractivity contribution in [2.45, 2.75) is 32.7 Å². The number of rotatable bonds is 2. The monoisotopic (exact) mass is 189 g/mol. The Morgan fingerprint density at radius 3 is 2.83 bits per heavy atom. The highest BCUT2D eigenvalue weighted by Crippen LogP contribution is 2.20. The average molecular weight is 190 g/mol. The van der Waals surface area contributed by atoms with Gasteiger partial charge in [0, 0.05) is 24.4 Å². The Balaban J connectivity index is 2.55. The molecule has 2 nitrogen and oxygen atoms in total. The van der Waals surface area contributed by atoms with Crippen LogP contribution in [0, 0.1) is 5.92 Å². The topological polar surface area (TPSA) is 20.3 Å². The van der Waals surface area contributed by atoms with Gasteiger partial charge >= 0.3 is 0 Å². The molecule has 0 aliphatic carbocycles. The van der Waals surface area contributed by atoms with Crippen molar-refractivity contribution in [3.63, 3.8) is 0 Å². The first-order valence-electron chi connectivity index (χ1n) is 4.53. The third-order valence-electron chi connectivity index (χ3n) is 2.33. The summed E-state index contributed by atoms with van der Waals surface area (Å²) >= 11 is 5.76. The van der Waals surface area contributed by atoms with Gasteiger partial charge < -0.3 is 4.90 Å². The summed E-state index contributed by atoms with van der Waals surface area (Å²) in [5.74, 6) is 0.935. The average Bonchev–Trinajstić information content (AvgIpc) is 2.49. The molecule has 3 heteroatoms. The number of nitrogens with zero attached hydrogens (tertiary/aromatic N) is 1. The molecule has 0 radical (unpaired) electrons. The smallest absolute Gasteiger partial charge is 0.225 e. The Labute approximate surface area is 78.9 Å². The molecule has 12 heavy (non-hydrogen) atoms. The molecule has 1 aliphatic rings. The summed E-state index contributed by atoms with van der Waals surface area (Å²) in [4.78, 5) is 13.5. The van der Waals surface area contributed by atoms with E-state index in [1.165, 1.54) is 0 Å². The lowest BCUT2D eigenvalue weighted by Crippen LogP contribution is -2.39. The van der Waals surface area contributed by atoms with Crippen molar-refractivity contribution in [1.82, 2.24) is 4.90 Å². The van der Waals surface area contributed by atoms with Gasteiger partial charge in [-0.25, -0.2) is 0 Å². The van der Waals surface area contributed by atoms with E-state index < -0.39 is 0 Å². The zero-order chi connectivity index (χ0) is 9.14. The molecule has 0 N–H and O–H groups in total. The summed E-state index contributed by atoms with van der Waals surface area (Å²) in [5.41, 5.74) is 0. The van der Waals surface area contributed by atoms with E-state index in [1.54, 1.807) is 0 Å². The normalized spacial score (nSPS) is 23.7. The quantitative estimate of drug-likeness (QED) is 0.608. The van der Waals surface area contributed by atoms with Crippen LogP contribution in [-0.2, 0) is 4.79 Å². The van der Waals surface area contributed by atoms with Gasteiger partial charge in [0.15, 0.2) is 0 Å². The van der Waals surface area contributed by atoms with Crippen LogP contribution >= 0.6 is 11.6 Å². The Kier molecular flexibility index (Phi) is 3.39. The SMILES string of the molecule is CC(C)C(=O)N1CCC[C@@H]1CCl. The number of hydrogen-bond acceptors (Lipinski definition) is 1. The van der Waals surface area contributed by atoms with E-state index in [9.17, 15) is 4.79 Å². The van der Waals surface area contributed by atoms with Crippen molar-refractivity contribution in [3.05, 3.63) is 0 Å². The minimum Gasteiger partial charge on any atom is -0.338 e. The van der Waals surface area contributed by atoms with Crippen LogP contribution in [-0.4, -0.2) is 29.3 Å². The third-order valence-corrected chi connectivity index (χ3v) is 2.69. The number of likely N-dealkylation sites (tertiary alicyclic amines) is 1. The van der Waals surface area contributed by atoms with Crippen molar-refractivity contribution < 1.29 is 4.79 Å². The number of hydrogen-bond donors (Lipinski definition) is 0. The molecule has 1 saturated heterocycles. The first-order valence-corrected chi connectivity index (χ1v) is 5.06. The van der Waals surface area contributed by atoms with Crippen LogP contribution in [0.4, 0.5) is 0 Å². The molecule has 0 unspecified atom stereocenters. The van der Waals surface area contributed by atoms with E-state index in [2.05, 4.69) is 0 Å². The maximum Gasteiger partial charge on any atom is 0.225 e. The predicted molar refractivity (Wildman–Crippen MR) is 50.3 cm³/mol. The van der Waals surface area contributed by atoms with Crippen LogP contribution in [0.2, 0.25) is 0 Å². The number of carbonyl (C=O) groups is 1. The maximum absolute atomic E-state index is 11.6. The predicted octanol–water partition coefficient (Wildman–Crippen LogP) is 1.87. The van der Waals surface area contributed by atoms with Gasteiger partial charge in [0.1, 0.15) is 0 Å². The highest BCUT2D eigenvalue weighted by molar-refractivity contribution is 6.18. The summed E-state index contributed by atoms with van der Waals surface area (Å²) in [6.45, 7) is 4.77. The molecule has 1 amide bonds. The maximum atomic E-state index is 11.6. The number of alkyl halides is 1. The standard InChI is InChI=1S/C9H16ClNO/c1-7(2)9(12)11-5-3-4-8(11)6-10/h7-8H,3-6H2,1-2H3/t8-/m1/s1. The van der Waals surface area contributed by atoms with E-state index in [1.807, 2.05) is 18.7 Å². The van der Waals surface area contributed by atoms with Crippen LogP contribution in [0.3, 0.4) is 0 Å². The third kappa shape index (κ3) is 1.92. The Morgan fingerprint density at radius 1 is 1.67 bits per heavy atom. The van der Waals surface area contributed by atoms with E-state index in [4.69, 9.17) is 11.6 Å². The Bertz CT molecular complexity index is 170. The highest BCUT2D eigenvalue weighted by Gasteiger charge is 2.28. The first kappa shape index (κ1) is 9.85. The fraction of sp³-hybridized carbons (Fsp3) is 0.889. The van der Waals surface area contributed by atoms with Crippen LogP contribution in [0.25, 0.3) is 0 Å². The van der Waals surface area contributed by atoms with Gasteiger partial charge in [-0.15, -0.1) is 11.6 Å². The number of carbonyl (C=O) groups excluding carboxylic acids is 1. The summed E-state index contributed by atoms with van der Waals surface area (Å²) in [6, 6.07) is 0.293. The fourth-order valence-corrected chi connectivity index (χ4v) is 1.94. The highest BCUT2D eigenvalue weighted by atomic mass is 35.5. The van der Waals surface area contributed by atoms with Crippen molar-refractivity contribution >= 4 is 17.5 Å². The lowest BCUT2D eigenvalue weighted by atomic mass is 10.2. The lowest BCUT2D eigenvalue weighted by Gasteiger charge is -2.24. The molecule has 1 fully saturated rings. The minimum atomic E-state index is 0.105. The molecule has 1 heterocycles. The van der Waals surface area contributed by atoms with Crippen molar-refractivity contribution in [2.24, 2.45) is 5.92 Å². The van der Waals surface area contributed by atoms with E-state index in [0.717, 1.165) is 19.4 Å². The van der Waals surface area contributed by atoms with Crippen molar-refractivity contribution in [2.75, 3.05) is 12.4 Å². The zero-order valence-corrected chi connectivity index (χ0v) is 8.47. The van der Waals surface area contributed by atoms with Gasteiger partial charge in [0.2, 0.25) is 5.91 Å². The minimum absolute atomic E-state index is 0.105. The summed E-state index contributed by atoms with van der Waals surface area (Å²) in [7, 11) is 0. The fourth-order valence-electron chi connectivity index (χ4n) is 1.62. The number of halogens is 1. The van der Waals surface area contributed by atoms with Crippen LogP contribution in [0.1, 0.15) is 26.7 Å². The summed E-state index contributed by atoms with van der Waals surface area (Å²) in [5, 5.41) is 0. The Morgan fingerprint density at radius 2 is 2.33 bits per heavy atom. The second-order valence-corrected chi connectivity index (χ2v) is 3.95. The second kappa shape index (κ2) is 4.13. The van der Waals surface area contributed by atoms with Gasteiger partial charge in [-0.05, 0) is 12.8 Å². The largest absolute Gasteiger partial charge is 0.338 e. The molecular weight excluding hydrogens is 174 g/mol.